The Kier molecular flexibility index (Phi) is 4.63. The largest absolute Gasteiger partial charge is 0.507 e. The molecule has 1 aromatic heterocycles. The molecule has 0 radical (unpaired) electrons. The van der Waals surface area contributed by atoms with E-state index in [-0.39, 0.29) is 16.8 Å². The molecule has 0 aliphatic rings. The summed E-state index contributed by atoms with van der Waals surface area (Å²) in [6.45, 7) is 12.5. The van der Waals surface area contributed by atoms with E-state index in [1.165, 1.54) is 11.3 Å². The highest BCUT2D eigenvalue weighted by Crippen LogP contribution is 2.42. The van der Waals surface area contributed by atoms with Gasteiger partial charge in [0, 0.05) is 22.1 Å². The summed E-state index contributed by atoms with van der Waals surface area (Å²) < 4.78 is 0. The summed E-state index contributed by atoms with van der Waals surface area (Å²) in [5.41, 5.74) is 8.56. The molecule has 5 nitrogen and oxygen atoms in total. The fraction of sp³-hybridized carbons (Fsp3) is 0.444. The van der Waals surface area contributed by atoms with Gasteiger partial charge in [-0.1, -0.05) is 41.5 Å². The molecule has 0 amide bonds. The second-order valence-electron chi connectivity index (χ2n) is 8.00. The van der Waals surface area contributed by atoms with Crippen LogP contribution in [0.2, 0.25) is 0 Å². The average molecular weight is 347 g/mol. The predicted molar refractivity (Wildman–Crippen MR) is 102 cm³/mol. The minimum Gasteiger partial charge on any atom is -0.507 e. The Bertz CT molecular complexity index is 731. The zero-order chi connectivity index (χ0) is 18.3. The van der Waals surface area contributed by atoms with E-state index in [4.69, 9.17) is 11.1 Å². The molecule has 1 aromatic carbocycles. The maximum absolute atomic E-state index is 10.8. The van der Waals surface area contributed by atoms with Gasteiger partial charge in [-0.15, -0.1) is 11.3 Å². The van der Waals surface area contributed by atoms with Crippen molar-refractivity contribution < 1.29 is 5.11 Å². The van der Waals surface area contributed by atoms with Crippen molar-refractivity contribution in [3.05, 3.63) is 28.6 Å². The average Bonchev–Trinajstić information content (AvgIpc) is 2.83. The van der Waals surface area contributed by atoms with E-state index < -0.39 is 0 Å². The molecule has 2 rings (SSSR count). The standard InChI is InChI=1S/C18H26N4OS/c1-17(2,3)11-7-10(8-12(14(11)23)18(4,5)6)13-9-24-16(21-13)22-15(19)20/h7-9,23H,1-6H3,(H4,19,20,21,22). The molecule has 6 heteroatoms. The third kappa shape index (κ3) is 3.87. The third-order valence-electron chi connectivity index (χ3n) is 3.77. The molecule has 0 aliphatic carbocycles. The minimum atomic E-state index is -0.184. The number of hydrogen-bond acceptors (Lipinski definition) is 4. The van der Waals surface area contributed by atoms with Crippen LogP contribution in [0.25, 0.3) is 11.3 Å². The summed E-state index contributed by atoms with van der Waals surface area (Å²) in [6, 6.07) is 3.99. The van der Waals surface area contributed by atoms with Crippen molar-refractivity contribution in [2.45, 2.75) is 52.4 Å². The van der Waals surface area contributed by atoms with Gasteiger partial charge in [-0.05, 0) is 23.0 Å². The molecule has 0 saturated heterocycles. The van der Waals surface area contributed by atoms with Gasteiger partial charge in [0.05, 0.1) is 5.69 Å². The smallest absolute Gasteiger partial charge is 0.192 e. The van der Waals surface area contributed by atoms with E-state index in [2.05, 4.69) is 51.8 Å². The number of guanidine groups is 1. The van der Waals surface area contributed by atoms with Crippen LogP contribution in [0.15, 0.2) is 17.5 Å². The first-order valence-corrected chi connectivity index (χ1v) is 8.72. The molecular formula is C18H26N4OS. The van der Waals surface area contributed by atoms with Gasteiger partial charge in [0.15, 0.2) is 11.1 Å². The summed E-state index contributed by atoms with van der Waals surface area (Å²) >= 11 is 1.40. The Morgan fingerprint density at radius 3 is 2.04 bits per heavy atom. The van der Waals surface area contributed by atoms with Gasteiger partial charge in [-0.3, -0.25) is 5.41 Å². The van der Waals surface area contributed by atoms with Crippen LogP contribution in [0.1, 0.15) is 52.7 Å². The minimum absolute atomic E-state index is 0.132. The number of benzene rings is 1. The number of aromatic hydroxyl groups is 1. The number of nitrogens with one attached hydrogen (secondary N) is 2. The molecule has 0 saturated carbocycles. The zero-order valence-electron chi connectivity index (χ0n) is 15.1. The lowest BCUT2D eigenvalue weighted by Gasteiger charge is -2.28. The molecule has 2 aromatic rings. The van der Waals surface area contributed by atoms with Gasteiger partial charge < -0.3 is 16.2 Å². The normalized spacial score (nSPS) is 12.2. The van der Waals surface area contributed by atoms with E-state index >= 15 is 0 Å². The Balaban J connectivity index is 2.62. The van der Waals surface area contributed by atoms with Gasteiger partial charge in [-0.2, -0.15) is 0 Å². The van der Waals surface area contributed by atoms with E-state index in [0.29, 0.717) is 10.9 Å². The number of nitrogens with two attached hydrogens (primary N) is 1. The number of nitrogens with zero attached hydrogens (tertiary/aromatic N) is 1. The van der Waals surface area contributed by atoms with Crippen molar-refractivity contribution in [1.82, 2.24) is 4.98 Å². The van der Waals surface area contributed by atoms with Crippen LogP contribution in [-0.4, -0.2) is 16.1 Å². The Hall–Kier alpha value is -2.08. The lowest BCUT2D eigenvalue weighted by atomic mass is 9.78. The topological polar surface area (TPSA) is 95.0 Å². The summed E-state index contributed by atoms with van der Waals surface area (Å²) in [6.07, 6.45) is 0. The molecule has 24 heavy (non-hydrogen) atoms. The Morgan fingerprint density at radius 1 is 1.12 bits per heavy atom. The Labute approximate surface area is 147 Å². The first-order valence-electron chi connectivity index (χ1n) is 7.84. The first-order chi connectivity index (χ1) is 10.9. The summed E-state index contributed by atoms with van der Waals surface area (Å²) in [5, 5.41) is 23.3. The maximum atomic E-state index is 10.8. The van der Waals surface area contributed by atoms with Crippen LogP contribution in [0.4, 0.5) is 5.13 Å². The second-order valence-corrected chi connectivity index (χ2v) is 8.85. The van der Waals surface area contributed by atoms with Crippen molar-refractivity contribution in [1.29, 1.82) is 5.41 Å². The van der Waals surface area contributed by atoms with Gasteiger partial charge in [-0.25, -0.2) is 4.98 Å². The number of hydrogen-bond donors (Lipinski definition) is 4. The molecule has 0 aliphatic heterocycles. The first kappa shape index (κ1) is 18.3. The monoisotopic (exact) mass is 346 g/mol. The number of anilines is 1. The van der Waals surface area contributed by atoms with Crippen LogP contribution in [0.5, 0.6) is 5.75 Å². The van der Waals surface area contributed by atoms with E-state index in [1.54, 1.807) is 0 Å². The van der Waals surface area contributed by atoms with Gasteiger partial charge in [0.2, 0.25) is 0 Å². The fourth-order valence-electron chi connectivity index (χ4n) is 2.50. The van der Waals surface area contributed by atoms with Crippen LogP contribution in [-0.2, 0) is 10.8 Å². The molecule has 0 fully saturated rings. The van der Waals surface area contributed by atoms with Crippen molar-refractivity contribution in [2.75, 3.05) is 5.32 Å². The van der Waals surface area contributed by atoms with E-state index in [9.17, 15) is 5.11 Å². The summed E-state index contributed by atoms with van der Waals surface area (Å²) in [5.74, 6) is 0.225. The zero-order valence-corrected chi connectivity index (χ0v) is 15.9. The van der Waals surface area contributed by atoms with Gasteiger partial charge >= 0.3 is 0 Å². The fourth-order valence-corrected chi connectivity index (χ4v) is 3.24. The quantitative estimate of drug-likeness (QED) is 0.478. The van der Waals surface area contributed by atoms with Crippen molar-refractivity contribution in [3.8, 4) is 17.0 Å². The molecule has 0 bridgehead atoms. The van der Waals surface area contributed by atoms with Gasteiger partial charge in [0.1, 0.15) is 5.75 Å². The Morgan fingerprint density at radius 2 is 1.62 bits per heavy atom. The number of rotatable bonds is 2. The van der Waals surface area contributed by atoms with Crippen molar-refractivity contribution in [2.24, 2.45) is 5.73 Å². The lowest BCUT2D eigenvalue weighted by molar-refractivity contribution is 0.423. The molecule has 1 heterocycles. The number of aromatic nitrogens is 1. The number of phenols is 1. The van der Waals surface area contributed by atoms with Crippen LogP contribution >= 0.6 is 11.3 Å². The molecule has 0 atom stereocenters. The van der Waals surface area contributed by atoms with Crippen LogP contribution in [0.3, 0.4) is 0 Å². The lowest BCUT2D eigenvalue weighted by Crippen LogP contribution is -2.20. The highest BCUT2D eigenvalue weighted by atomic mass is 32.1. The van der Waals surface area contributed by atoms with E-state index in [1.807, 2.05) is 17.5 Å². The second kappa shape index (κ2) is 6.09. The van der Waals surface area contributed by atoms with Gasteiger partial charge in [0.25, 0.3) is 0 Å². The SMILES string of the molecule is CC(C)(C)c1cc(-c2csc(NC(=N)N)n2)cc(C(C)(C)C)c1O. The molecular weight excluding hydrogens is 320 g/mol. The van der Waals surface area contributed by atoms with Crippen molar-refractivity contribution in [3.63, 3.8) is 0 Å². The summed E-state index contributed by atoms with van der Waals surface area (Å²) in [7, 11) is 0. The molecule has 130 valence electrons. The predicted octanol–water partition coefficient (Wildman–Crippen LogP) is 4.42. The van der Waals surface area contributed by atoms with Crippen LogP contribution < -0.4 is 11.1 Å². The van der Waals surface area contributed by atoms with Crippen LogP contribution in [0, 0.1) is 5.41 Å². The third-order valence-corrected chi connectivity index (χ3v) is 4.53. The number of phenolic OH excluding ortho intramolecular Hbond substituents is 1. The molecule has 5 N–H and O–H groups in total. The highest BCUT2D eigenvalue weighted by Gasteiger charge is 2.27. The summed E-state index contributed by atoms with van der Waals surface area (Å²) in [4.78, 5) is 4.50. The molecule has 0 spiro atoms. The van der Waals surface area contributed by atoms with E-state index in [0.717, 1.165) is 22.4 Å². The molecule has 0 unspecified atom stereocenters. The highest BCUT2D eigenvalue weighted by molar-refractivity contribution is 7.14. The maximum Gasteiger partial charge on any atom is 0.192 e. The van der Waals surface area contributed by atoms with Crippen molar-refractivity contribution >= 4 is 22.4 Å². The number of thiazole rings is 1.